The van der Waals surface area contributed by atoms with Crippen molar-refractivity contribution in [3.8, 4) is 22.5 Å². The number of pyridine rings is 1. The Bertz CT molecular complexity index is 659. The summed E-state index contributed by atoms with van der Waals surface area (Å²) < 4.78 is 1.05. The summed E-state index contributed by atoms with van der Waals surface area (Å²) in [6.07, 6.45) is 1.83. The monoisotopic (exact) mass is 313 g/mol. The fraction of sp³-hybridized carbons (Fsp3) is 0.0667. The number of aromatic nitrogens is 3. The molecule has 3 nitrogen and oxygen atoms in total. The molecule has 0 aliphatic carbocycles. The molecule has 0 aliphatic rings. The predicted molar refractivity (Wildman–Crippen MR) is 79.7 cm³/mol. The van der Waals surface area contributed by atoms with Gasteiger partial charge in [0.2, 0.25) is 0 Å². The molecule has 3 rings (SSSR count). The van der Waals surface area contributed by atoms with E-state index in [2.05, 4.69) is 43.2 Å². The van der Waals surface area contributed by atoms with Crippen molar-refractivity contribution in [1.29, 1.82) is 0 Å². The zero-order valence-corrected chi connectivity index (χ0v) is 12.0. The van der Waals surface area contributed by atoms with Gasteiger partial charge in [-0.3, -0.25) is 10.1 Å². The first kappa shape index (κ1) is 12.1. The highest BCUT2D eigenvalue weighted by atomic mass is 79.9. The Morgan fingerprint density at radius 2 is 1.95 bits per heavy atom. The van der Waals surface area contributed by atoms with Crippen LogP contribution in [0.1, 0.15) is 5.69 Å². The van der Waals surface area contributed by atoms with E-state index < -0.39 is 0 Å². The van der Waals surface area contributed by atoms with Crippen LogP contribution in [0, 0.1) is 6.92 Å². The van der Waals surface area contributed by atoms with Gasteiger partial charge >= 0.3 is 0 Å². The molecule has 0 fully saturated rings. The average molecular weight is 314 g/mol. The number of benzene rings is 1. The Hall–Kier alpha value is -1.94. The van der Waals surface area contributed by atoms with Crippen molar-refractivity contribution in [2.75, 3.05) is 0 Å². The van der Waals surface area contributed by atoms with Crippen LogP contribution in [-0.2, 0) is 0 Å². The van der Waals surface area contributed by atoms with Crippen molar-refractivity contribution in [2.45, 2.75) is 6.92 Å². The lowest BCUT2D eigenvalue weighted by molar-refractivity contribution is 1.08. The highest BCUT2D eigenvalue weighted by Crippen LogP contribution is 2.30. The van der Waals surface area contributed by atoms with E-state index >= 15 is 0 Å². The first-order valence-electron chi connectivity index (χ1n) is 5.97. The summed E-state index contributed by atoms with van der Waals surface area (Å²) in [7, 11) is 0. The average Bonchev–Trinajstić information content (AvgIpc) is 2.88. The molecule has 0 spiro atoms. The lowest BCUT2D eigenvalue weighted by Gasteiger charge is -2.04. The van der Waals surface area contributed by atoms with E-state index in [0.717, 1.165) is 32.7 Å². The molecular formula is C15H12BrN3. The minimum absolute atomic E-state index is 0.910. The van der Waals surface area contributed by atoms with E-state index in [1.165, 1.54) is 0 Å². The molecule has 1 N–H and O–H groups in total. The van der Waals surface area contributed by atoms with Gasteiger partial charge in [0.15, 0.2) is 0 Å². The summed E-state index contributed by atoms with van der Waals surface area (Å²) in [5.41, 5.74) is 5.02. The molecule has 0 bridgehead atoms. The highest BCUT2D eigenvalue weighted by Gasteiger charge is 2.11. The van der Waals surface area contributed by atoms with E-state index in [-0.39, 0.29) is 0 Å². The van der Waals surface area contributed by atoms with E-state index in [9.17, 15) is 0 Å². The summed E-state index contributed by atoms with van der Waals surface area (Å²) in [4.78, 5) is 4.54. The first-order valence-corrected chi connectivity index (χ1v) is 6.77. The second-order valence-electron chi connectivity index (χ2n) is 4.33. The molecule has 0 saturated carbocycles. The number of hydrogen-bond acceptors (Lipinski definition) is 2. The Morgan fingerprint density at radius 1 is 1.11 bits per heavy atom. The van der Waals surface area contributed by atoms with Gasteiger partial charge in [0, 0.05) is 15.7 Å². The van der Waals surface area contributed by atoms with Gasteiger partial charge in [-0.25, -0.2) is 0 Å². The number of halogens is 1. The van der Waals surface area contributed by atoms with Crippen LogP contribution in [0.25, 0.3) is 22.5 Å². The van der Waals surface area contributed by atoms with Crippen molar-refractivity contribution in [2.24, 2.45) is 0 Å². The van der Waals surface area contributed by atoms with E-state index in [0.29, 0.717) is 0 Å². The fourth-order valence-electron chi connectivity index (χ4n) is 2.04. The normalized spacial score (nSPS) is 10.6. The second-order valence-corrected chi connectivity index (χ2v) is 5.25. The molecule has 4 heteroatoms. The topological polar surface area (TPSA) is 41.6 Å². The van der Waals surface area contributed by atoms with Gasteiger partial charge in [-0.15, -0.1) is 0 Å². The van der Waals surface area contributed by atoms with Crippen LogP contribution < -0.4 is 0 Å². The van der Waals surface area contributed by atoms with Crippen molar-refractivity contribution in [3.63, 3.8) is 0 Å². The van der Waals surface area contributed by atoms with Crippen LogP contribution in [0.4, 0.5) is 0 Å². The Kier molecular flexibility index (Phi) is 3.17. The smallest absolute Gasteiger partial charge is 0.0912 e. The van der Waals surface area contributed by atoms with Crippen LogP contribution in [0.15, 0.2) is 53.1 Å². The molecule has 0 aliphatic heterocycles. The molecule has 0 saturated heterocycles. The van der Waals surface area contributed by atoms with E-state index in [1.54, 1.807) is 0 Å². The van der Waals surface area contributed by atoms with Crippen LogP contribution in [-0.4, -0.2) is 15.2 Å². The Balaban J connectivity index is 2.13. The minimum atomic E-state index is 0.910. The van der Waals surface area contributed by atoms with Crippen molar-refractivity contribution >= 4 is 15.9 Å². The van der Waals surface area contributed by atoms with Gasteiger partial charge in [0.1, 0.15) is 0 Å². The summed E-state index contributed by atoms with van der Waals surface area (Å²) in [6.45, 7) is 1.98. The number of H-pyrrole nitrogens is 1. The van der Waals surface area contributed by atoms with Crippen LogP contribution >= 0.6 is 15.9 Å². The number of aromatic amines is 1. The van der Waals surface area contributed by atoms with Crippen molar-refractivity contribution < 1.29 is 0 Å². The third-order valence-electron chi connectivity index (χ3n) is 2.92. The van der Waals surface area contributed by atoms with Crippen LogP contribution in [0.3, 0.4) is 0 Å². The fourth-order valence-corrected chi connectivity index (χ4v) is 2.44. The lowest BCUT2D eigenvalue weighted by Crippen LogP contribution is -1.88. The number of hydrogen-bond donors (Lipinski definition) is 1. The summed E-state index contributed by atoms with van der Waals surface area (Å²) in [5.74, 6) is 0. The highest BCUT2D eigenvalue weighted by molar-refractivity contribution is 9.10. The van der Waals surface area contributed by atoms with Gasteiger partial charge in [0.05, 0.1) is 17.6 Å². The zero-order chi connectivity index (χ0) is 13.2. The molecular weight excluding hydrogens is 302 g/mol. The molecule has 2 heterocycles. The molecule has 19 heavy (non-hydrogen) atoms. The molecule has 0 amide bonds. The van der Waals surface area contributed by atoms with Gasteiger partial charge < -0.3 is 0 Å². The van der Waals surface area contributed by atoms with Crippen LogP contribution in [0.2, 0.25) is 0 Å². The van der Waals surface area contributed by atoms with Gasteiger partial charge in [-0.1, -0.05) is 34.1 Å². The maximum absolute atomic E-state index is 4.54. The SMILES string of the molecule is Cc1cccc(-c2[nH]ncc2-c2cccc(Br)c2)n1. The molecule has 0 radical (unpaired) electrons. The van der Waals surface area contributed by atoms with Gasteiger partial charge in [-0.05, 0) is 36.8 Å². The number of rotatable bonds is 2. The largest absolute Gasteiger partial charge is 0.276 e. The Morgan fingerprint density at radius 3 is 2.74 bits per heavy atom. The van der Waals surface area contributed by atoms with E-state index in [4.69, 9.17) is 0 Å². The minimum Gasteiger partial charge on any atom is -0.276 e. The molecule has 1 aromatic carbocycles. The second kappa shape index (κ2) is 4.97. The van der Waals surface area contributed by atoms with Gasteiger partial charge in [0.25, 0.3) is 0 Å². The molecule has 0 atom stereocenters. The predicted octanol–water partition coefficient (Wildman–Crippen LogP) is 4.21. The van der Waals surface area contributed by atoms with Gasteiger partial charge in [-0.2, -0.15) is 5.10 Å². The summed E-state index contributed by atoms with van der Waals surface area (Å²) in [5, 5.41) is 7.19. The lowest BCUT2D eigenvalue weighted by atomic mass is 10.0. The quantitative estimate of drug-likeness (QED) is 0.770. The maximum Gasteiger partial charge on any atom is 0.0912 e. The zero-order valence-electron chi connectivity index (χ0n) is 10.4. The third kappa shape index (κ3) is 2.44. The molecule has 2 aromatic heterocycles. The van der Waals surface area contributed by atoms with Crippen molar-refractivity contribution in [3.05, 3.63) is 58.8 Å². The number of nitrogens with one attached hydrogen (secondary N) is 1. The first-order chi connectivity index (χ1) is 9.24. The standard InChI is InChI=1S/C15H12BrN3/c1-10-4-2-7-14(18-10)15-13(9-17-19-15)11-5-3-6-12(16)8-11/h2-9H,1H3,(H,17,19). The Labute approximate surface area is 119 Å². The van der Waals surface area contributed by atoms with E-state index in [1.807, 2.05) is 43.5 Å². The van der Waals surface area contributed by atoms with Crippen molar-refractivity contribution in [1.82, 2.24) is 15.2 Å². The number of nitrogens with zero attached hydrogens (tertiary/aromatic N) is 2. The number of aryl methyl sites for hydroxylation is 1. The molecule has 94 valence electrons. The molecule has 0 unspecified atom stereocenters. The molecule has 3 aromatic rings. The van der Waals surface area contributed by atoms with Crippen LogP contribution in [0.5, 0.6) is 0 Å². The maximum atomic E-state index is 4.54. The third-order valence-corrected chi connectivity index (χ3v) is 3.41. The summed E-state index contributed by atoms with van der Waals surface area (Å²) in [6, 6.07) is 14.1. The summed E-state index contributed by atoms with van der Waals surface area (Å²) >= 11 is 3.49.